The highest BCUT2D eigenvalue weighted by Gasteiger charge is 2.24. The van der Waals surface area contributed by atoms with Gasteiger partial charge in [0.25, 0.3) is 0 Å². The van der Waals surface area contributed by atoms with E-state index in [1.807, 2.05) is 6.07 Å². The summed E-state index contributed by atoms with van der Waals surface area (Å²) in [6.07, 6.45) is 0.177. The second kappa shape index (κ2) is 7.15. The van der Waals surface area contributed by atoms with Gasteiger partial charge in [0.05, 0.1) is 23.9 Å². The predicted octanol–water partition coefficient (Wildman–Crippen LogP) is 0.818. The molecule has 1 aromatic rings. The van der Waals surface area contributed by atoms with Gasteiger partial charge in [-0.15, -0.1) is 0 Å². The number of carbonyl (C=O) groups excluding carboxylic acids is 1. The van der Waals surface area contributed by atoms with E-state index in [0.29, 0.717) is 0 Å². The number of nitrogens with zero attached hydrogens (tertiary/aromatic N) is 3. The van der Waals surface area contributed by atoms with E-state index in [2.05, 4.69) is 0 Å². The van der Waals surface area contributed by atoms with Gasteiger partial charge in [-0.1, -0.05) is 0 Å². The van der Waals surface area contributed by atoms with E-state index >= 15 is 0 Å². The van der Waals surface area contributed by atoms with E-state index in [-0.39, 0.29) is 24.4 Å². The highest BCUT2D eigenvalue weighted by Crippen LogP contribution is 2.14. The van der Waals surface area contributed by atoms with Crippen molar-refractivity contribution < 1.29 is 17.6 Å². The molecule has 0 aromatic heterocycles. The molecule has 114 valence electrons. The Morgan fingerprint density at radius 1 is 1.29 bits per heavy atom. The lowest BCUT2D eigenvalue weighted by Gasteiger charge is -2.21. The number of hydrogen-bond donors (Lipinski definition) is 0. The number of nitriles is 1. The first-order chi connectivity index (χ1) is 9.78. The average molecular weight is 313 g/mol. The Kier molecular flexibility index (Phi) is 5.81. The molecule has 0 aliphatic heterocycles. The van der Waals surface area contributed by atoms with Crippen LogP contribution in [0.2, 0.25) is 0 Å². The van der Waals surface area contributed by atoms with Gasteiger partial charge in [0, 0.05) is 20.6 Å². The molecule has 0 saturated carbocycles. The maximum absolute atomic E-state index is 12.8. The molecule has 0 bridgehead atoms. The van der Waals surface area contributed by atoms with Crippen molar-refractivity contribution in [1.29, 1.82) is 5.26 Å². The maximum Gasteiger partial charge on any atom is 0.243 e. The van der Waals surface area contributed by atoms with Crippen LogP contribution in [0.5, 0.6) is 0 Å². The first-order valence-electron chi connectivity index (χ1n) is 6.12. The average Bonchev–Trinajstić information content (AvgIpc) is 2.44. The van der Waals surface area contributed by atoms with Crippen molar-refractivity contribution in [3.63, 3.8) is 0 Å². The minimum Gasteiger partial charge on any atom is -0.344 e. The van der Waals surface area contributed by atoms with Crippen molar-refractivity contribution in [2.24, 2.45) is 0 Å². The zero-order chi connectivity index (χ0) is 16.0. The monoisotopic (exact) mass is 313 g/mol. The van der Waals surface area contributed by atoms with Crippen molar-refractivity contribution in [1.82, 2.24) is 9.21 Å². The summed E-state index contributed by atoms with van der Waals surface area (Å²) >= 11 is 0. The Hall–Kier alpha value is -1.98. The summed E-state index contributed by atoms with van der Waals surface area (Å²) in [5, 5.41) is 8.45. The standard InChI is InChI=1S/C13H16FN3O3S/c1-16(9-3-8-15)13(18)10-17(2)21(19,20)12-6-4-11(14)5-7-12/h4-7H,3,9-10H2,1-2H3. The van der Waals surface area contributed by atoms with Crippen LogP contribution in [-0.4, -0.2) is 50.7 Å². The number of amides is 1. The smallest absolute Gasteiger partial charge is 0.243 e. The third-order valence-corrected chi connectivity index (χ3v) is 4.68. The van der Waals surface area contributed by atoms with Gasteiger partial charge in [0.2, 0.25) is 15.9 Å². The van der Waals surface area contributed by atoms with E-state index in [0.717, 1.165) is 28.6 Å². The van der Waals surface area contributed by atoms with Crippen LogP contribution in [0.15, 0.2) is 29.2 Å². The lowest BCUT2D eigenvalue weighted by atomic mass is 10.4. The molecule has 0 unspecified atom stereocenters. The van der Waals surface area contributed by atoms with Gasteiger partial charge in [-0.05, 0) is 24.3 Å². The molecule has 21 heavy (non-hydrogen) atoms. The number of benzene rings is 1. The highest BCUT2D eigenvalue weighted by molar-refractivity contribution is 7.89. The maximum atomic E-state index is 12.8. The van der Waals surface area contributed by atoms with E-state index in [9.17, 15) is 17.6 Å². The lowest BCUT2D eigenvalue weighted by Crippen LogP contribution is -2.39. The van der Waals surface area contributed by atoms with Crippen LogP contribution in [0.4, 0.5) is 4.39 Å². The molecule has 8 heteroatoms. The van der Waals surface area contributed by atoms with Crippen molar-refractivity contribution in [2.45, 2.75) is 11.3 Å². The van der Waals surface area contributed by atoms with Crippen LogP contribution in [0.3, 0.4) is 0 Å². The molecule has 0 spiro atoms. The van der Waals surface area contributed by atoms with Crippen LogP contribution in [0, 0.1) is 17.1 Å². The van der Waals surface area contributed by atoms with Crippen molar-refractivity contribution in [2.75, 3.05) is 27.2 Å². The van der Waals surface area contributed by atoms with Crippen molar-refractivity contribution in [3.8, 4) is 6.07 Å². The molecule has 1 rings (SSSR count). The van der Waals surface area contributed by atoms with Crippen molar-refractivity contribution in [3.05, 3.63) is 30.1 Å². The van der Waals surface area contributed by atoms with E-state index < -0.39 is 21.7 Å². The number of sulfonamides is 1. The van der Waals surface area contributed by atoms with Gasteiger partial charge in [-0.2, -0.15) is 9.57 Å². The molecule has 0 saturated heterocycles. The Bertz CT molecular complexity index is 638. The van der Waals surface area contributed by atoms with Crippen LogP contribution in [0.1, 0.15) is 6.42 Å². The number of halogens is 1. The lowest BCUT2D eigenvalue weighted by molar-refractivity contribution is -0.129. The fourth-order valence-corrected chi connectivity index (χ4v) is 2.65. The number of hydrogen-bond acceptors (Lipinski definition) is 4. The Morgan fingerprint density at radius 2 is 1.86 bits per heavy atom. The second-order valence-corrected chi connectivity index (χ2v) is 6.48. The van der Waals surface area contributed by atoms with Crippen LogP contribution in [-0.2, 0) is 14.8 Å². The summed E-state index contributed by atoms with van der Waals surface area (Å²) in [4.78, 5) is 13.0. The minimum absolute atomic E-state index is 0.0844. The van der Waals surface area contributed by atoms with Gasteiger partial charge >= 0.3 is 0 Å². The van der Waals surface area contributed by atoms with Crippen LogP contribution >= 0.6 is 0 Å². The van der Waals surface area contributed by atoms with Crippen LogP contribution in [0.25, 0.3) is 0 Å². The zero-order valence-corrected chi connectivity index (χ0v) is 12.6. The number of rotatable bonds is 6. The summed E-state index contributed by atoms with van der Waals surface area (Å²) in [5.41, 5.74) is 0. The fourth-order valence-electron chi connectivity index (χ4n) is 1.53. The molecule has 6 nitrogen and oxygen atoms in total. The van der Waals surface area contributed by atoms with Gasteiger partial charge in [0.15, 0.2) is 0 Å². The quantitative estimate of drug-likeness (QED) is 0.778. The van der Waals surface area contributed by atoms with Gasteiger partial charge in [-0.25, -0.2) is 12.8 Å². The van der Waals surface area contributed by atoms with Crippen molar-refractivity contribution >= 4 is 15.9 Å². The third kappa shape index (κ3) is 4.51. The molecule has 0 radical (unpaired) electrons. The summed E-state index contributed by atoms with van der Waals surface area (Å²) in [6.45, 7) is -0.110. The summed E-state index contributed by atoms with van der Waals surface area (Å²) in [7, 11) is -1.08. The fraction of sp³-hybridized carbons (Fsp3) is 0.385. The SMILES string of the molecule is CN(CCC#N)C(=O)CN(C)S(=O)(=O)c1ccc(F)cc1. The topological polar surface area (TPSA) is 81.5 Å². The molecule has 0 aliphatic carbocycles. The molecular formula is C13H16FN3O3S. The summed E-state index contributed by atoms with van der Waals surface area (Å²) in [5.74, 6) is -0.956. The van der Waals surface area contributed by atoms with Gasteiger partial charge in [0.1, 0.15) is 5.82 Å². The molecule has 0 fully saturated rings. The number of likely N-dealkylation sites (N-methyl/N-ethyl adjacent to an activating group) is 2. The molecule has 0 N–H and O–H groups in total. The highest BCUT2D eigenvalue weighted by atomic mass is 32.2. The normalized spacial score (nSPS) is 11.2. The second-order valence-electron chi connectivity index (χ2n) is 4.44. The summed E-state index contributed by atoms with van der Waals surface area (Å²) < 4.78 is 38.1. The minimum atomic E-state index is -3.85. The van der Waals surface area contributed by atoms with Gasteiger partial charge < -0.3 is 4.90 Å². The van der Waals surface area contributed by atoms with E-state index in [4.69, 9.17) is 5.26 Å². The molecular weight excluding hydrogens is 297 g/mol. The molecule has 0 aliphatic rings. The Morgan fingerprint density at radius 3 is 2.38 bits per heavy atom. The van der Waals surface area contributed by atoms with E-state index in [1.165, 1.54) is 19.0 Å². The number of carbonyl (C=O) groups is 1. The molecule has 1 amide bonds. The first kappa shape index (κ1) is 17.1. The summed E-state index contributed by atoms with van der Waals surface area (Å²) in [6, 6.07) is 6.28. The third-order valence-electron chi connectivity index (χ3n) is 2.86. The van der Waals surface area contributed by atoms with Gasteiger partial charge in [-0.3, -0.25) is 4.79 Å². The Balaban J connectivity index is 2.78. The zero-order valence-electron chi connectivity index (χ0n) is 11.8. The largest absolute Gasteiger partial charge is 0.344 e. The Labute approximate surface area is 123 Å². The molecule has 1 aromatic carbocycles. The van der Waals surface area contributed by atoms with E-state index in [1.54, 1.807) is 0 Å². The van der Waals surface area contributed by atoms with Crippen LogP contribution < -0.4 is 0 Å². The first-order valence-corrected chi connectivity index (χ1v) is 7.56. The molecule has 0 atom stereocenters. The predicted molar refractivity (Wildman–Crippen MR) is 74.1 cm³/mol. The molecule has 0 heterocycles.